The Hall–Kier alpha value is -1.13. The van der Waals surface area contributed by atoms with Gasteiger partial charge in [-0.2, -0.15) is 0 Å². The van der Waals surface area contributed by atoms with Crippen molar-refractivity contribution in [3.8, 4) is 0 Å². The lowest BCUT2D eigenvalue weighted by atomic mass is 9.82. The van der Waals surface area contributed by atoms with E-state index in [1.165, 1.54) is 0 Å². The minimum atomic E-state index is 0.0245. The smallest absolute Gasteiger partial charge is 0.0540 e. The highest BCUT2D eigenvalue weighted by molar-refractivity contribution is 5.47. The molecule has 0 amide bonds. The Morgan fingerprint density at radius 2 is 1.95 bits per heavy atom. The fraction of sp³-hybridized carbons (Fsp3) is 0.688. The summed E-state index contributed by atoms with van der Waals surface area (Å²) in [6, 6.07) is 2.07. The van der Waals surface area contributed by atoms with Gasteiger partial charge >= 0.3 is 0 Å². The number of nitrogens with two attached hydrogens (primary N) is 1. The zero-order valence-electron chi connectivity index (χ0n) is 13.6. The van der Waals surface area contributed by atoms with Crippen LogP contribution in [0.4, 0.5) is 5.69 Å². The van der Waals surface area contributed by atoms with E-state index in [0.717, 1.165) is 37.3 Å². The normalized spacial score (nSPS) is 16.1. The van der Waals surface area contributed by atoms with E-state index in [1.807, 2.05) is 12.3 Å². The Kier molecular flexibility index (Phi) is 6.43. The van der Waals surface area contributed by atoms with Crippen LogP contribution in [0.15, 0.2) is 18.5 Å². The highest BCUT2D eigenvalue weighted by Crippen LogP contribution is 2.36. The molecule has 0 aliphatic rings. The van der Waals surface area contributed by atoms with E-state index in [-0.39, 0.29) is 11.6 Å². The molecule has 114 valence electrons. The van der Waals surface area contributed by atoms with Gasteiger partial charge in [0.1, 0.15) is 0 Å². The first kappa shape index (κ1) is 16.9. The molecule has 4 nitrogen and oxygen atoms in total. The molecule has 1 aromatic rings. The standard InChI is InChI=1S/C16H30N4/c1-6-16(5,20(8-3)9-4)15(19-7-2)13-12-18-11-10-14(13)17/h10-12,15,19H,6-9H2,1-5H3,(H2,17,18). The van der Waals surface area contributed by atoms with Crippen LogP contribution in [0.5, 0.6) is 0 Å². The van der Waals surface area contributed by atoms with Crippen molar-refractivity contribution in [1.82, 2.24) is 15.2 Å². The van der Waals surface area contributed by atoms with E-state index in [2.05, 4.69) is 49.8 Å². The highest BCUT2D eigenvalue weighted by Gasteiger charge is 2.38. The number of nitrogens with zero attached hydrogens (tertiary/aromatic N) is 2. The van der Waals surface area contributed by atoms with Gasteiger partial charge in [0.2, 0.25) is 0 Å². The Balaban J connectivity index is 3.26. The van der Waals surface area contributed by atoms with E-state index in [4.69, 9.17) is 5.73 Å². The molecule has 20 heavy (non-hydrogen) atoms. The van der Waals surface area contributed by atoms with Crippen LogP contribution in [-0.2, 0) is 0 Å². The van der Waals surface area contributed by atoms with Gasteiger partial charge in [-0.15, -0.1) is 0 Å². The monoisotopic (exact) mass is 278 g/mol. The molecule has 0 aromatic carbocycles. The molecule has 2 atom stereocenters. The lowest BCUT2D eigenvalue weighted by Gasteiger charge is -2.46. The molecule has 0 radical (unpaired) electrons. The molecule has 3 N–H and O–H groups in total. The van der Waals surface area contributed by atoms with Crippen molar-refractivity contribution in [2.45, 2.75) is 52.6 Å². The topological polar surface area (TPSA) is 54.2 Å². The molecule has 0 saturated heterocycles. The first-order valence-corrected chi connectivity index (χ1v) is 7.72. The zero-order valence-corrected chi connectivity index (χ0v) is 13.6. The Morgan fingerprint density at radius 3 is 2.40 bits per heavy atom. The van der Waals surface area contributed by atoms with Gasteiger partial charge in [-0.05, 0) is 39.0 Å². The summed E-state index contributed by atoms with van der Waals surface area (Å²) in [5, 5.41) is 3.62. The summed E-state index contributed by atoms with van der Waals surface area (Å²) in [5.41, 5.74) is 8.13. The molecule has 1 aromatic heterocycles. The molecule has 0 spiro atoms. The van der Waals surface area contributed by atoms with E-state index < -0.39 is 0 Å². The third kappa shape index (κ3) is 3.30. The van der Waals surface area contributed by atoms with Crippen molar-refractivity contribution in [1.29, 1.82) is 0 Å². The number of rotatable bonds is 8. The van der Waals surface area contributed by atoms with Gasteiger partial charge in [0.05, 0.1) is 6.04 Å². The molecular formula is C16H30N4. The molecule has 1 heterocycles. The summed E-state index contributed by atoms with van der Waals surface area (Å²) < 4.78 is 0. The number of hydrogen-bond donors (Lipinski definition) is 2. The summed E-state index contributed by atoms with van der Waals surface area (Å²) in [7, 11) is 0. The lowest BCUT2D eigenvalue weighted by molar-refractivity contribution is 0.0706. The highest BCUT2D eigenvalue weighted by atomic mass is 15.2. The van der Waals surface area contributed by atoms with Crippen LogP contribution < -0.4 is 11.1 Å². The molecule has 0 saturated carbocycles. The van der Waals surface area contributed by atoms with Crippen LogP contribution in [0.1, 0.15) is 52.6 Å². The molecule has 0 aliphatic heterocycles. The molecule has 0 fully saturated rings. The van der Waals surface area contributed by atoms with Crippen LogP contribution in [0, 0.1) is 0 Å². The largest absolute Gasteiger partial charge is 0.398 e. The number of aromatic nitrogens is 1. The maximum absolute atomic E-state index is 6.19. The third-order valence-corrected chi connectivity index (χ3v) is 4.43. The van der Waals surface area contributed by atoms with Crippen LogP contribution in [0.2, 0.25) is 0 Å². The second kappa shape index (κ2) is 7.60. The fourth-order valence-corrected chi connectivity index (χ4v) is 3.08. The number of anilines is 1. The van der Waals surface area contributed by atoms with E-state index in [0.29, 0.717) is 0 Å². The summed E-state index contributed by atoms with van der Waals surface area (Å²) in [5.74, 6) is 0. The van der Waals surface area contributed by atoms with Gasteiger partial charge in [-0.25, -0.2) is 0 Å². The average Bonchev–Trinajstić information content (AvgIpc) is 2.46. The van der Waals surface area contributed by atoms with Gasteiger partial charge < -0.3 is 11.1 Å². The quantitative estimate of drug-likeness (QED) is 0.768. The van der Waals surface area contributed by atoms with Crippen molar-refractivity contribution < 1.29 is 0 Å². The molecule has 1 rings (SSSR count). The van der Waals surface area contributed by atoms with Gasteiger partial charge in [0, 0.05) is 29.2 Å². The van der Waals surface area contributed by atoms with Gasteiger partial charge in [-0.1, -0.05) is 27.7 Å². The molecule has 4 heteroatoms. The SMILES string of the molecule is CCNC(c1cnccc1N)C(C)(CC)N(CC)CC. The van der Waals surface area contributed by atoms with E-state index in [9.17, 15) is 0 Å². The second-order valence-corrected chi connectivity index (χ2v) is 5.38. The van der Waals surface area contributed by atoms with E-state index in [1.54, 1.807) is 6.20 Å². The fourth-order valence-electron chi connectivity index (χ4n) is 3.08. The first-order valence-electron chi connectivity index (χ1n) is 7.72. The maximum atomic E-state index is 6.19. The Morgan fingerprint density at radius 1 is 1.30 bits per heavy atom. The lowest BCUT2D eigenvalue weighted by Crippen LogP contribution is -2.54. The maximum Gasteiger partial charge on any atom is 0.0540 e. The third-order valence-electron chi connectivity index (χ3n) is 4.43. The van der Waals surface area contributed by atoms with Crippen molar-refractivity contribution in [2.24, 2.45) is 0 Å². The summed E-state index contributed by atoms with van der Waals surface area (Å²) in [6.07, 6.45) is 4.71. The number of hydrogen-bond acceptors (Lipinski definition) is 4. The molecule has 2 unspecified atom stereocenters. The van der Waals surface area contributed by atoms with Crippen LogP contribution in [0.25, 0.3) is 0 Å². The summed E-state index contributed by atoms with van der Waals surface area (Å²) in [4.78, 5) is 6.78. The second-order valence-electron chi connectivity index (χ2n) is 5.38. The van der Waals surface area contributed by atoms with E-state index >= 15 is 0 Å². The number of nitrogens with one attached hydrogen (secondary N) is 1. The van der Waals surface area contributed by atoms with Crippen LogP contribution in [0.3, 0.4) is 0 Å². The Labute approximate surface area is 123 Å². The summed E-state index contributed by atoms with van der Waals surface area (Å²) in [6.45, 7) is 14.1. The molecule has 0 aliphatic carbocycles. The Bertz CT molecular complexity index is 403. The zero-order chi connectivity index (χ0) is 15.2. The predicted molar refractivity (Wildman–Crippen MR) is 86.7 cm³/mol. The summed E-state index contributed by atoms with van der Waals surface area (Å²) >= 11 is 0. The average molecular weight is 278 g/mol. The number of pyridine rings is 1. The molecule has 0 bridgehead atoms. The van der Waals surface area contributed by atoms with Gasteiger partial charge in [0.15, 0.2) is 0 Å². The molecular weight excluding hydrogens is 248 g/mol. The minimum absolute atomic E-state index is 0.0245. The van der Waals surface area contributed by atoms with Crippen molar-refractivity contribution in [3.05, 3.63) is 24.0 Å². The first-order chi connectivity index (χ1) is 9.54. The van der Waals surface area contributed by atoms with Crippen molar-refractivity contribution in [2.75, 3.05) is 25.4 Å². The predicted octanol–water partition coefficient (Wildman–Crippen LogP) is 2.82. The van der Waals surface area contributed by atoms with Gasteiger partial charge in [-0.3, -0.25) is 9.88 Å². The van der Waals surface area contributed by atoms with Crippen molar-refractivity contribution in [3.63, 3.8) is 0 Å². The van der Waals surface area contributed by atoms with Gasteiger partial charge in [0.25, 0.3) is 0 Å². The minimum Gasteiger partial charge on any atom is -0.398 e. The van der Waals surface area contributed by atoms with Crippen molar-refractivity contribution >= 4 is 5.69 Å². The number of nitrogen functional groups attached to an aromatic ring is 1. The van der Waals surface area contributed by atoms with Crippen LogP contribution in [-0.4, -0.2) is 35.1 Å². The number of likely N-dealkylation sites (N-methyl/N-ethyl adjacent to an activating group) is 2. The van der Waals surface area contributed by atoms with Crippen LogP contribution >= 0.6 is 0 Å².